The van der Waals surface area contributed by atoms with Crippen LogP contribution in [-0.2, 0) is 4.74 Å². The highest BCUT2D eigenvalue weighted by molar-refractivity contribution is 4.75. The number of hydrogen-bond acceptors (Lipinski definition) is 3. The van der Waals surface area contributed by atoms with Crippen molar-refractivity contribution in [2.45, 2.75) is 38.9 Å². The molecule has 3 nitrogen and oxygen atoms in total. The standard InChI is InChI=1S/C10H21NO2/c1-8-3-5-11-7-10(8)13-6-4-9(2)12/h8-12H,3-7H2,1-2H3. The molecule has 1 aliphatic heterocycles. The van der Waals surface area contributed by atoms with Crippen LogP contribution in [0.2, 0.25) is 0 Å². The molecule has 13 heavy (non-hydrogen) atoms. The summed E-state index contributed by atoms with van der Waals surface area (Å²) in [6, 6.07) is 0. The van der Waals surface area contributed by atoms with Crippen LogP contribution in [0.25, 0.3) is 0 Å². The van der Waals surface area contributed by atoms with Crippen LogP contribution in [0.4, 0.5) is 0 Å². The van der Waals surface area contributed by atoms with Gasteiger partial charge in [-0.3, -0.25) is 0 Å². The van der Waals surface area contributed by atoms with E-state index < -0.39 is 0 Å². The van der Waals surface area contributed by atoms with Gasteiger partial charge in [0.1, 0.15) is 0 Å². The molecule has 1 saturated heterocycles. The van der Waals surface area contributed by atoms with Crippen LogP contribution in [0, 0.1) is 5.92 Å². The number of hydrogen-bond donors (Lipinski definition) is 2. The Morgan fingerprint density at radius 2 is 2.38 bits per heavy atom. The Kier molecular flexibility index (Phi) is 4.70. The van der Waals surface area contributed by atoms with Crippen LogP contribution >= 0.6 is 0 Å². The normalized spacial score (nSPS) is 31.6. The molecule has 3 heteroatoms. The molecule has 0 radical (unpaired) electrons. The van der Waals surface area contributed by atoms with Crippen molar-refractivity contribution >= 4 is 0 Å². The van der Waals surface area contributed by atoms with E-state index in [1.807, 2.05) is 0 Å². The Morgan fingerprint density at radius 3 is 3.00 bits per heavy atom. The van der Waals surface area contributed by atoms with E-state index in [2.05, 4.69) is 12.2 Å². The first-order valence-electron chi connectivity index (χ1n) is 5.20. The number of rotatable bonds is 4. The summed E-state index contributed by atoms with van der Waals surface area (Å²) in [4.78, 5) is 0. The van der Waals surface area contributed by atoms with E-state index in [1.54, 1.807) is 6.92 Å². The first-order chi connectivity index (χ1) is 6.20. The van der Waals surface area contributed by atoms with Gasteiger partial charge in [0, 0.05) is 13.2 Å². The second-order valence-electron chi connectivity index (χ2n) is 4.02. The molecule has 0 aliphatic carbocycles. The van der Waals surface area contributed by atoms with Gasteiger partial charge in [0.05, 0.1) is 12.2 Å². The fraction of sp³-hybridized carbons (Fsp3) is 1.00. The van der Waals surface area contributed by atoms with Crippen molar-refractivity contribution in [3.05, 3.63) is 0 Å². The maximum absolute atomic E-state index is 9.05. The lowest BCUT2D eigenvalue weighted by Gasteiger charge is -2.29. The van der Waals surface area contributed by atoms with Crippen molar-refractivity contribution in [1.29, 1.82) is 0 Å². The zero-order valence-corrected chi connectivity index (χ0v) is 8.62. The average Bonchev–Trinajstić information content (AvgIpc) is 2.08. The van der Waals surface area contributed by atoms with Crippen molar-refractivity contribution in [2.75, 3.05) is 19.7 Å². The number of aliphatic hydroxyl groups excluding tert-OH is 1. The summed E-state index contributed by atoms with van der Waals surface area (Å²) in [5, 5.41) is 12.4. The minimum absolute atomic E-state index is 0.244. The van der Waals surface area contributed by atoms with Gasteiger partial charge in [-0.1, -0.05) is 6.92 Å². The lowest BCUT2D eigenvalue weighted by Crippen LogP contribution is -2.41. The first-order valence-corrected chi connectivity index (χ1v) is 5.20. The molecular weight excluding hydrogens is 166 g/mol. The largest absolute Gasteiger partial charge is 0.393 e. The monoisotopic (exact) mass is 187 g/mol. The summed E-state index contributed by atoms with van der Waals surface area (Å²) in [6.07, 6.45) is 2.03. The van der Waals surface area contributed by atoms with E-state index >= 15 is 0 Å². The van der Waals surface area contributed by atoms with Gasteiger partial charge in [-0.2, -0.15) is 0 Å². The van der Waals surface area contributed by atoms with Crippen LogP contribution in [-0.4, -0.2) is 37.0 Å². The summed E-state index contributed by atoms with van der Waals surface area (Å²) < 4.78 is 5.68. The smallest absolute Gasteiger partial charge is 0.0725 e. The lowest BCUT2D eigenvalue weighted by atomic mass is 9.97. The number of ether oxygens (including phenoxy) is 1. The number of piperidine rings is 1. The van der Waals surface area contributed by atoms with E-state index in [9.17, 15) is 0 Å². The third kappa shape index (κ3) is 4.07. The second-order valence-corrected chi connectivity index (χ2v) is 4.02. The average molecular weight is 187 g/mol. The molecule has 1 aliphatic rings. The van der Waals surface area contributed by atoms with Crippen LogP contribution in [0.15, 0.2) is 0 Å². The van der Waals surface area contributed by atoms with Crippen LogP contribution < -0.4 is 5.32 Å². The summed E-state index contributed by atoms with van der Waals surface area (Å²) >= 11 is 0. The molecule has 78 valence electrons. The molecule has 2 N–H and O–H groups in total. The van der Waals surface area contributed by atoms with Gasteiger partial charge in [-0.25, -0.2) is 0 Å². The van der Waals surface area contributed by atoms with Crippen molar-refractivity contribution in [3.63, 3.8) is 0 Å². The molecule has 0 aromatic heterocycles. The van der Waals surface area contributed by atoms with Crippen LogP contribution in [0.3, 0.4) is 0 Å². The molecule has 1 heterocycles. The minimum atomic E-state index is -0.244. The Morgan fingerprint density at radius 1 is 1.62 bits per heavy atom. The van der Waals surface area contributed by atoms with Gasteiger partial charge < -0.3 is 15.2 Å². The van der Waals surface area contributed by atoms with E-state index in [1.165, 1.54) is 6.42 Å². The van der Waals surface area contributed by atoms with Crippen LogP contribution in [0.1, 0.15) is 26.7 Å². The summed E-state index contributed by atoms with van der Waals surface area (Å²) in [5.74, 6) is 0.648. The SMILES string of the molecule is CC(O)CCOC1CNCCC1C. The number of nitrogens with one attached hydrogen (secondary N) is 1. The van der Waals surface area contributed by atoms with Gasteiger partial charge in [-0.15, -0.1) is 0 Å². The third-order valence-corrected chi connectivity index (χ3v) is 2.62. The lowest BCUT2D eigenvalue weighted by molar-refractivity contribution is -0.00873. The van der Waals surface area contributed by atoms with Gasteiger partial charge in [0.2, 0.25) is 0 Å². The maximum Gasteiger partial charge on any atom is 0.0725 e. The highest BCUT2D eigenvalue weighted by atomic mass is 16.5. The zero-order chi connectivity index (χ0) is 9.68. The zero-order valence-electron chi connectivity index (χ0n) is 8.62. The van der Waals surface area contributed by atoms with Crippen LogP contribution in [0.5, 0.6) is 0 Å². The van der Waals surface area contributed by atoms with Gasteiger partial charge in [0.15, 0.2) is 0 Å². The third-order valence-electron chi connectivity index (χ3n) is 2.62. The van der Waals surface area contributed by atoms with Gasteiger partial charge >= 0.3 is 0 Å². The molecule has 1 fully saturated rings. The molecule has 0 saturated carbocycles. The van der Waals surface area contributed by atoms with E-state index in [4.69, 9.17) is 9.84 Å². The van der Waals surface area contributed by atoms with Gasteiger partial charge in [-0.05, 0) is 32.2 Å². The van der Waals surface area contributed by atoms with Crippen molar-refractivity contribution < 1.29 is 9.84 Å². The predicted octanol–water partition coefficient (Wildman–Crippen LogP) is 0.772. The molecule has 0 spiro atoms. The molecular formula is C10H21NO2. The van der Waals surface area contributed by atoms with E-state index in [-0.39, 0.29) is 6.10 Å². The second kappa shape index (κ2) is 5.58. The molecule has 0 aromatic rings. The maximum atomic E-state index is 9.05. The molecule has 3 unspecified atom stereocenters. The fourth-order valence-electron chi connectivity index (χ4n) is 1.57. The Balaban J connectivity index is 2.11. The summed E-state index contributed by atoms with van der Waals surface area (Å²) in [7, 11) is 0. The summed E-state index contributed by atoms with van der Waals surface area (Å²) in [5.41, 5.74) is 0. The Hall–Kier alpha value is -0.120. The Labute approximate surface area is 80.5 Å². The molecule has 0 amide bonds. The van der Waals surface area contributed by atoms with Crippen molar-refractivity contribution in [1.82, 2.24) is 5.32 Å². The predicted molar refractivity (Wildman–Crippen MR) is 52.7 cm³/mol. The Bertz CT molecular complexity index is 139. The summed E-state index contributed by atoms with van der Waals surface area (Å²) in [6.45, 7) is 6.77. The molecule has 3 atom stereocenters. The topological polar surface area (TPSA) is 41.5 Å². The highest BCUT2D eigenvalue weighted by Gasteiger charge is 2.21. The minimum Gasteiger partial charge on any atom is -0.393 e. The quantitative estimate of drug-likeness (QED) is 0.683. The van der Waals surface area contributed by atoms with Crippen molar-refractivity contribution in [3.8, 4) is 0 Å². The molecule has 0 aromatic carbocycles. The van der Waals surface area contributed by atoms with E-state index in [0.717, 1.165) is 19.5 Å². The molecule has 1 rings (SSSR count). The fourth-order valence-corrected chi connectivity index (χ4v) is 1.57. The van der Waals surface area contributed by atoms with Gasteiger partial charge in [0.25, 0.3) is 0 Å². The molecule has 0 bridgehead atoms. The highest BCUT2D eigenvalue weighted by Crippen LogP contribution is 2.14. The first kappa shape index (κ1) is 11.0. The number of aliphatic hydroxyl groups is 1. The van der Waals surface area contributed by atoms with E-state index in [0.29, 0.717) is 18.6 Å². The van der Waals surface area contributed by atoms with Crippen molar-refractivity contribution in [2.24, 2.45) is 5.92 Å².